The van der Waals surface area contributed by atoms with Crippen LogP contribution in [0.3, 0.4) is 0 Å². The highest BCUT2D eigenvalue weighted by molar-refractivity contribution is 5.78. The van der Waals surface area contributed by atoms with E-state index in [1.54, 1.807) is 0 Å². The van der Waals surface area contributed by atoms with Crippen molar-refractivity contribution in [1.82, 2.24) is 0 Å². The SMILES string of the molecule is O=C(O)CC[C@H]1CCCCC(=O)C1. The van der Waals surface area contributed by atoms with Crippen molar-refractivity contribution in [1.29, 1.82) is 0 Å². The maximum atomic E-state index is 11.2. The largest absolute Gasteiger partial charge is 0.481 e. The average Bonchev–Trinajstić information content (AvgIpc) is 2.26. The third kappa shape index (κ3) is 4.06. The maximum absolute atomic E-state index is 11.2. The van der Waals surface area contributed by atoms with Gasteiger partial charge >= 0.3 is 5.97 Å². The lowest BCUT2D eigenvalue weighted by Gasteiger charge is -2.10. The van der Waals surface area contributed by atoms with Crippen LogP contribution in [0.15, 0.2) is 0 Å². The summed E-state index contributed by atoms with van der Waals surface area (Å²) in [5, 5.41) is 8.50. The summed E-state index contributed by atoms with van der Waals surface area (Å²) in [7, 11) is 0. The van der Waals surface area contributed by atoms with E-state index < -0.39 is 5.97 Å². The molecule has 0 saturated heterocycles. The van der Waals surface area contributed by atoms with E-state index in [-0.39, 0.29) is 6.42 Å². The van der Waals surface area contributed by atoms with Gasteiger partial charge < -0.3 is 5.11 Å². The number of aliphatic carboxylic acids is 1. The maximum Gasteiger partial charge on any atom is 0.303 e. The molecule has 0 spiro atoms. The second-order valence-electron chi connectivity index (χ2n) is 3.79. The molecular formula is C10H16O3. The number of Topliss-reactive ketones (excluding diaryl/α,β-unsaturated/α-hetero) is 1. The van der Waals surface area contributed by atoms with Crippen molar-refractivity contribution in [2.45, 2.75) is 44.9 Å². The van der Waals surface area contributed by atoms with Crippen molar-refractivity contribution in [3.63, 3.8) is 0 Å². The molecule has 0 aromatic rings. The average molecular weight is 184 g/mol. The first-order chi connectivity index (χ1) is 6.18. The first-order valence-electron chi connectivity index (χ1n) is 4.92. The number of carboxylic acid groups (broad SMARTS) is 1. The second-order valence-corrected chi connectivity index (χ2v) is 3.79. The van der Waals surface area contributed by atoms with Crippen LogP contribution in [0.5, 0.6) is 0 Å². The van der Waals surface area contributed by atoms with E-state index in [1.807, 2.05) is 0 Å². The zero-order valence-corrected chi connectivity index (χ0v) is 7.79. The van der Waals surface area contributed by atoms with Gasteiger partial charge in [-0.05, 0) is 25.2 Å². The first kappa shape index (κ1) is 10.2. The Morgan fingerprint density at radius 1 is 1.46 bits per heavy atom. The number of carbonyl (C=O) groups is 2. The van der Waals surface area contributed by atoms with Gasteiger partial charge in [-0.1, -0.05) is 6.42 Å². The summed E-state index contributed by atoms with van der Waals surface area (Å²) >= 11 is 0. The van der Waals surface area contributed by atoms with Gasteiger partial charge in [-0.15, -0.1) is 0 Å². The quantitative estimate of drug-likeness (QED) is 0.682. The summed E-state index contributed by atoms with van der Waals surface area (Å²) in [6.07, 6.45) is 5.27. The number of rotatable bonds is 3. The Morgan fingerprint density at radius 3 is 2.92 bits per heavy atom. The molecule has 3 nitrogen and oxygen atoms in total. The minimum Gasteiger partial charge on any atom is -0.481 e. The molecule has 1 atom stereocenters. The van der Waals surface area contributed by atoms with Crippen LogP contribution in [0, 0.1) is 5.92 Å². The zero-order chi connectivity index (χ0) is 9.68. The third-order valence-electron chi connectivity index (χ3n) is 2.60. The minimum absolute atomic E-state index is 0.206. The van der Waals surface area contributed by atoms with E-state index in [1.165, 1.54) is 0 Å². The third-order valence-corrected chi connectivity index (χ3v) is 2.60. The molecule has 1 N–H and O–H groups in total. The normalized spacial score (nSPS) is 24.0. The number of ketones is 1. The van der Waals surface area contributed by atoms with E-state index in [0.29, 0.717) is 31.0 Å². The monoisotopic (exact) mass is 184 g/mol. The van der Waals surface area contributed by atoms with Gasteiger partial charge in [0.1, 0.15) is 5.78 Å². The molecule has 3 heteroatoms. The van der Waals surface area contributed by atoms with Gasteiger partial charge in [-0.25, -0.2) is 0 Å². The lowest BCUT2D eigenvalue weighted by molar-refractivity contribution is -0.137. The number of carbonyl (C=O) groups excluding carboxylic acids is 1. The van der Waals surface area contributed by atoms with Gasteiger partial charge in [0.2, 0.25) is 0 Å². The molecule has 0 radical (unpaired) electrons. The van der Waals surface area contributed by atoms with Crippen LogP contribution in [0.25, 0.3) is 0 Å². The molecule has 0 bridgehead atoms. The predicted molar refractivity (Wildman–Crippen MR) is 48.5 cm³/mol. The van der Waals surface area contributed by atoms with Crippen LogP contribution in [-0.2, 0) is 9.59 Å². The highest BCUT2D eigenvalue weighted by atomic mass is 16.4. The molecule has 1 aliphatic carbocycles. The van der Waals surface area contributed by atoms with Gasteiger partial charge in [-0.2, -0.15) is 0 Å². The van der Waals surface area contributed by atoms with Crippen LogP contribution in [0.1, 0.15) is 44.9 Å². The molecule has 0 unspecified atom stereocenters. The molecule has 0 heterocycles. The lowest BCUT2D eigenvalue weighted by atomic mass is 9.95. The fourth-order valence-electron chi connectivity index (χ4n) is 1.86. The summed E-state index contributed by atoms with van der Waals surface area (Å²) in [6, 6.07) is 0. The fourth-order valence-corrected chi connectivity index (χ4v) is 1.86. The Labute approximate surface area is 78.1 Å². The summed E-state index contributed by atoms with van der Waals surface area (Å²) in [5.41, 5.74) is 0. The van der Waals surface area contributed by atoms with Crippen LogP contribution in [0.2, 0.25) is 0 Å². The van der Waals surface area contributed by atoms with Crippen LogP contribution < -0.4 is 0 Å². The van der Waals surface area contributed by atoms with Crippen LogP contribution in [-0.4, -0.2) is 16.9 Å². The smallest absolute Gasteiger partial charge is 0.303 e. The number of hydrogen-bond donors (Lipinski definition) is 1. The summed E-state index contributed by atoms with van der Waals surface area (Å²) in [4.78, 5) is 21.5. The topological polar surface area (TPSA) is 54.4 Å². The zero-order valence-electron chi connectivity index (χ0n) is 7.79. The molecule has 0 amide bonds. The van der Waals surface area contributed by atoms with Crippen molar-refractivity contribution in [3.8, 4) is 0 Å². The van der Waals surface area contributed by atoms with E-state index >= 15 is 0 Å². The molecule has 13 heavy (non-hydrogen) atoms. The number of hydrogen-bond acceptors (Lipinski definition) is 2. The van der Waals surface area contributed by atoms with Gasteiger partial charge in [0.25, 0.3) is 0 Å². The summed E-state index contributed by atoms with van der Waals surface area (Å²) in [5.74, 6) is -0.115. The predicted octanol–water partition coefficient (Wildman–Crippen LogP) is 2.00. The number of carboxylic acids is 1. The Balaban J connectivity index is 2.30. The van der Waals surface area contributed by atoms with Gasteiger partial charge in [0.05, 0.1) is 0 Å². The van der Waals surface area contributed by atoms with Crippen molar-refractivity contribution >= 4 is 11.8 Å². The van der Waals surface area contributed by atoms with Crippen molar-refractivity contribution < 1.29 is 14.7 Å². The second kappa shape index (κ2) is 5.00. The Hall–Kier alpha value is -0.860. The molecule has 74 valence electrons. The molecule has 0 aliphatic heterocycles. The molecule has 1 saturated carbocycles. The van der Waals surface area contributed by atoms with E-state index in [4.69, 9.17) is 5.11 Å². The van der Waals surface area contributed by atoms with Gasteiger partial charge in [0.15, 0.2) is 0 Å². The molecular weight excluding hydrogens is 168 g/mol. The van der Waals surface area contributed by atoms with Crippen molar-refractivity contribution in [2.24, 2.45) is 5.92 Å². The van der Waals surface area contributed by atoms with Crippen molar-refractivity contribution in [3.05, 3.63) is 0 Å². The lowest BCUT2D eigenvalue weighted by Crippen LogP contribution is -2.07. The first-order valence-corrected chi connectivity index (χ1v) is 4.92. The van der Waals surface area contributed by atoms with E-state index in [2.05, 4.69) is 0 Å². The molecule has 1 rings (SSSR count). The highest BCUT2D eigenvalue weighted by Crippen LogP contribution is 2.24. The standard InChI is InChI=1S/C10H16O3/c11-9-4-2-1-3-8(7-9)5-6-10(12)13/h8H,1-7H2,(H,12,13)/t8-/m1/s1. The van der Waals surface area contributed by atoms with E-state index in [0.717, 1.165) is 19.3 Å². The van der Waals surface area contributed by atoms with Crippen LogP contribution >= 0.6 is 0 Å². The molecule has 1 fully saturated rings. The van der Waals surface area contributed by atoms with E-state index in [9.17, 15) is 9.59 Å². The van der Waals surface area contributed by atoms with Crippen LogP contribution in [0.4, 0.5) is 0 Å². The van der Waals surface area contributed by atoms with Gasteiger partial charge in [-0.3, -0.25) is 9.59 Å². The highest BCUT2D eigenvalue weighted by Gasteiger charge is 2.18. The van der Waals surface area contributed by atoms with Crippen molar-refractivity contribution in [2.75, 3.05) is 0 Å². The fraction of sp³-hybridized carbons (Fsp3) is 0.800. The van der Waals surface area contributed by atoms with Gasteiger partial charge in [0, 0.05) is 19.3 Å². The summed E-state index contributed by atoms with van der Waals surface area (Å²) < 4.78 is 0. The Kier molecular flexibility index (Phi) is 3.93. The Bertz CT molecular complexity index is 198. The molecule has 0 aromatic heterocycles. The molecule has 1 aliphatic rings. The Morgan fingerprint density at radius 2 is 2.23 bits per heavy atom. The molecule has 0 aromatic carbocycles. The summed E-state index contributed by atoms with van der Waals surface area (Å²) in [6.45, 7) is 0. The minimum atomic E-state index is -0.753.